The maximum Gasteiger partial charge on any atom is 0.335 e. The minimum absolute atomic E-state index is 0.0501. The Morgan fingerprint density at radius 2 is 1.78 bits per heavy atom. The van der Waals surface area contributed by atoms with Crippen LogP contribution in [0.25, 0.3) is 10.9 Å². The third-order valence-corrected chi connectivity index (χ3v) is 5.01. The van der Waals surface area contributed by atoms with Gasteiger partial charge in [0, 0.05) is 22.7 Å². The number of fused-ring (bicyclic) bond motifs is 1. The van der Waals surface area contributed by atoms with Crippen LogP contribution in [0.3, 0.4) is 0 Å². The predicted molar refractivity (Wildman–Crippen MR) is 119 cm³/mol. The molecule has 162 valence electrons. The lowest BCUT2D eigenvalue weighted by Crippen LogP contribution is -2.33. The Labute approximate surface area is 183 Å². The lowest BCUT2D eigenvalue weighted by Gasteiger charge is -2.23. The molecule has 1 aromatic heterocycles. The van der Waals surface area contributed by atoms with E-state index in [9.17, 15) is 19.4 Å². The Morgan fingerprint density at radius 1 is 1.00 bits per heavy atom. The number of aliphatic hydroxyl groups is 1. The summed E-state index contributed by atoms with van der Waals surface area (Å²) in [5.74, 6) is -1.55. The molecular formula is C25H21FN2O4. The molecule has 1 unspecified atom stereocenters. The minimum Gasteiger partial charge on any atom is -0.487 e. The van der Waals surface area contributed by atoms with Gasteiger partial charge in [-0.2, -0.15) is 0 Å². The molecule has 0 saturated carbocycles. The molecule has 32 heavy (non-hydrogen) atoms. The second kappa shape index (κ2) is 9.45. The van der Waals surface area contributed by atoms with Gasteiger partial charge in [0.05, 0.1) is 17.3 Å². The molecule has 0 aliphatic carbocycles. The molecule has 6 nitrogen and oxygen atoms in total. The summed E-state index contributed by atoms with van der Waals surface area (Å²) in [6.07, 6.45) is -1.85. The van der Waals surface area contributed by atoms with Gasteiger partial charge in [-0.15, -0.1) is 0 Å². The van der Waals surface area contributed by atoms with E-state index in [0.29, 0.717) is 11.4 Å². The first-order valence-electron chi connectivity index (χ1n) is 10.0. The number of nitrogens with one attached hydrogen (secondary N) is 1. The van der Waals surface area contributed by atoms with Gasteiger partial charge in [0.1, 0.15) is 18.2 Å². The van der Waals surface area contributed by atoms with E-state index in [1.165, 1.54) is 18.2 Å². The quantitative estimate of drug-likeness (QED) is 0.378. The fourth-order valence-electron chi connectivity index (χ4n) is 3.40. The average Bonchev–Trinajstić information content (AvgIpc) is 2.81. The van der Waals surface area contributed by atoms with Crippen LogP contribution in [-0.4, -0.2) is 27.3 Å². The number of para-hydroxylation sites is 1. The Morgan fingerprint density at radius 3 is 2.59 bits per heavy atom. The van der Waals surface area contributed by atoms with Crippen molar-refractivity contribution in [1.29, 1.82) is 0 Å². The number of carbonyl (C=O) groups is 1. The molecule has 0 bridgehead atoms. The highest BCUT2D eigenvalue weighted by molar-refractivity contribution is 5.78. The van der Waals surface area contributed by atoms with Crippen LogP contribution in [0.1, 0.15) is 17.3 Å². The summed E-state index contributed by atoms with van der Waals surface area (Å²) in [4.78, 5) is 16.0. The number of ether oxygens (including phenoxy) is 1. The molecule has 0 amide bonds. The third-order valence-electron chi connectivity index (χ3n) is 5.01. The number of carboxylic acid groups (broad SMARTS) is 1. The summed E-state index contributed by atoms with van der Waals surface area (Å²) < 4.78 is 20.1. The third kappa shape index (κ3) is 4.84. The van der Waals surface area contributed by atoms with Crippen molar-refractivity contribution in [3.8, 4) is 5.75 Å². The van der Waals surface area contributed by atoms with Crippen molar-refractivity contribution >= 4 is 22.6 Å². The van der Waals surface area contributed by atoms with Crippen LogP contribution in [0, 0.1) is 5.82 Å². The van der Waals surface area contributed by atoms with Gasteiger partial charge < -0.3 is 20.3 Å². The van der Waals surface area contributed by atoms with E-state index in [0.717, 1.165) is 16.6 Å². The highest BCUT2D eigenvalue weighted by Crippen LogP contribution is 2.27. The minimum atomic E-state index is -1.85. The standard InChI is InChI=1S/C25H21FN2O4/c26-21-10-3-2-9-20(21)23(24(29)25(30)31)28-17-7-5-8-19(14-17)32-15-18-13-12-16-6-1-4-11-22(16)27-18/h1-14,23-24,28-29H,15H2,(H,30,31)/t23?,24-/m1/s1. The van der Waals surface area contributed by atoms with Gasteiger partial charge in [-0.25, -0.2) is 14.2 Å². The molecular weight excluding hydrogens is 411 g/mol. The number of nitrogens with zero attached hydrogens (tertiary/aromatic N) is 1. The van der Waals surface area contributed by atoms with Crippen molar-refractivity contribution in [3.63, 3.8) is 0 Å². The van der Waals surface area contributed by atoms with E-state index in [1.54, 1.807) is 30.3 Å². The van der Waals surface area contributed by atoms with Crippen molar-refractivity contribution < 1.29 is 24.1 Å². The summed E-state index contributed by atoms with van der Waals surface area (Å²) in [5.41, 5.74) is 2.16. The second-order valence-corrected chi connectivity index (χ2v) is 7.24. The van der Waals surface area contributed by atoms with Crippen LogP contribution < -0.4 is 10.1 Å². The largest absolute Gasteiger partial charge is 0.487 e. The molecule has 1 heterocycles. The monoisotopic (exact) mass is 432 g/mol. The summed E-state index contributed by atoms with van der Waals surface area (Å²) >= 11 is 0. The van der Waals surface area contributed by atoms with E-state index < -0.39 is 23.9 Å². The molecule has 0 radical (unpaired) electrons. The van der Waals surface area contributed by atoms with E-state index in [2.05, 4.69) is 10.3 Å². The maximum absolute atomic E-state index is 14.3. The first kappa shape index (κ1) is 21.3. The Kier molecular flexibility index (Phi) is 6.28. The van der Waals surface area contributed by atoms with Gasteiger partial charge in [0.25, 0.3) is 0 Å². The van der Waals surface area contributed by atoms with Gasteiger partial charge >= 0.3 is 5.97 Å². The van der Waals surface area contributed by atoms with Crippen molar-refractivity contribution in [2.75, 3.05) is 5.32 Å². The van der Waals surface area contributed by atoms with E-state index in [-0.39, 0.29) is 12.2 Å². The van der Waals surface area contributed by atoms with E-state index in [4.69, 9.17) is 4.74 Å². The Hall–Kier alpha value is -3.97. The number of aliphatic carboxylic acids is 1. The number of aromatic nitrogens is 1. The molecule has 0 aliphatic rings. The Bertz CT molecular complexity index is 1250. The first-order valence-corrected chi connectivity index (χ1v) is 10.0. The fourth-order valence-corrected chi connectivity index (χ4v) is 3.40. The number of benzene rings is 3. The van der Waals surface area contributed by atoms with Gasteiger partial charge in [-0.3, -0.25) is 0 Å². The van der Waals surface area contributed by atoms with Crippen LogP contribution in [0.5, 0.6) is 5.75 Å². The highest BCUT2D eigenvalue weighted by Gasteiger charge is 2.29. The number of pyridine rings is 1. The molecule has 2 atom stereocenters. The second-order valence-electron chi connectivity index (χ2n) is 7.24. The summed E-state index contributed by atoms with van der Waals surface area (Å²) in [6, 6.07) is 23.0. The van der Waals surface area contributed by atoms with Crippen molar-refractivity contribution in [2.24, 2.45) is 0 Å². The zero-order chi connectivity index (χ0) is 22.5. The average molecular weight is 432 g/mol. The molecule has 4 aromatic rings. The summed E-state index contributed by atoms with van der Waals surface area (Å²) in [7, 11) is 0. The molecule has 4 rings (SSSR count). The normalized spacial score (nSPS) is 12.8. The first-order chi connectivity index (χ1) is 15.5. The van der Waals surface area contributed by atoms with Crippen molar-refractivity contribution in [1.82, 2.24) is 4.98 Å². The topological polar surface area (TPSA) is 91.7 Å². The number of carboxylic acids is 1. The van der Waals surface area contributed by atoms with Crippen LogP contribution in [0.2, 0.25) is 0 Å². The predicted octanol–water partition coefficient (Wildman–Crippen LogP) is 4.55. The van der Waals surface area contributed by atoms with Crippen LogP contribution in [0.4, 0.5) is 10.1 Å². The van der Waals surface area contributed by atoms with Crippen LogP contribution >= 0.6 is 0 Å². The number of hydrogen-bond acceptors (Lipinski definition) is 5. The van der Waals surface area contributed by atoms with Crippen LogP contribution in [-0.2, 0) is 11.4 Å². The number of rotatable bonds is 8. The summed E-state index contributed by atoms with van der Waals surface area (Å²) in [5, 5.41) is 23.4. The van der Waals surface area contributed by atoms with Gasteiger partial charge in [-0.1, -0.05) is 48.5 Å². The zero-order valence-electron chi connectivity index (χ0n) is 17.0. The van der Waals surface area contributed by atoms with Gasteiger partial charge in [0.15, 0.2) is 6.10 Å². The lowest BCUT2D eigenvalue weighted by atomic mass is 10.00. The molecule has 3 aromatic carbocycles. The highest BCUT2D eigenvalue weighted by atomic mass is 19.1. The fraction of sp³-hybridized carbons (Fsp3) is 0.120. The Balaban J connectivity index is 1.51. The maximum atomic E-state index is 14.3. The van der Waals surface area contributed by atoms with Crippen molar-refractivity contribution in [3.05, 3.63) is 102 Å². The number of hydrogen-bond donors (Lipinski definition) is 3. The van der Waals surface area contributed by atoms with Crippen molar-refractivity contribution in [2.45, 2.75) is 18.8 Å². The van der Waals surface area contributed by atoms with Gasteiger partial charge in [-0.05, 0) is 30.3 Å². The molecule has 3 N–H and O–H groups in total. The lowest BCUT2D eigenvalue weighted by molar-refractivity contribution is -0.147. The summed E-state index contributed by atoms with van der Waals surface area (Å²) in [6.45, 7) is 0.239. The van der Waals surface area contributed by atoms with Crippen LogP contribution in [0.15, 0.2) is 84.9 Å². The molecule has 7 heteroatoms. The number of aliphatic hydroxyl groups excluding tert-OH is 1. The molecule has 0 fully saturated rings. The zero-order valence-corrected chi connectivity index (χ0v) is 17.0. The van der Waals surface area contributed by atoms with Gasteiger partial charge in [0.2, 0.25) is 0 Å². The molecule has 0 spiro atoms. The molecule has 0 saturated heterocycles. The molecule has 0 aliphatic heterocycles. The smallest absolute Gasteiger partial charge is 0.335 e. The number of anilines is 1. The number of halogens is 1. The van der Waals surface area contributed by atoms with E-state index in [1.807, 2.05) is 36.4 Å². The SMILES string of the molecule is O=C(O)[C@H](O)C(Nc1cccc(OCc2ccc3ccccc3n2)c1)c1ccccc1F. The van der Waals surface area contributed by atoms with E-state index >= 15 is 0 Å².